The summed E-state index contributed by atoms with van der Waals surface area (Å²) < 4.78 is 5.24. The Morgan fingerprint density at radius 2 is 2.24 bits per heavy atom. The molecule has 2 aliphatic rings. The lowest BCUT2D eigenvalue weighted by atomic mass is 9.99. The molecule has 1 aromatic rings. The van der Waals surface area contributed by atoms with Gasteiger partial charge in [0.2, 0.25) is 0 Å². The Labute approximate surface area is 102 Å². The minimum absolute atomic E-state index is 0.656. The molecule has 0 spiro atoms. The molecule has 0 N–H and O–H groups in total. The Balaban J connectivity index is 1.69. The third-order valence-electron chi connectivity index (χ3n) is 3.66. The number of aryl methyl sites for hydroxylation is 1. The van der Waals surface area contributed by atoms with Gasteiger partial charge in [0.1, 0.15) is 0 Å². The van der Waals surface area contributed by atoms with Crippen molar-refractivity contribution in [3.63, 3.8) is 0 Å². The van der Waals surface area contributed by atoms with Gasteiger partial charge in [0.25, 0.3) is 0 Å². The highest BCUT2D eigenvalue weighted by atomic mass is 16.5. The van der Waals surface area contributed by atoms with Crippen LogP contribution in [0, 0.1) is 6.92 Å². The molecular formula is C14H18N2O. The maximum absolute atomic E-state index is 5.24. The summed E-state index contributed by atoms with van der Waals surface area (Å²) in [6.45, 7) is 6.05. The summed E-state index contributed by atoms with van der Waals surface area (Å²) in [5, 5.41) is 0. The molecule has 3 heterocycles. The molecule has 90 valence electrons. The van der Waals surface area contributed by atoms with E-state index in [4.69, 9.17) is 4.74 Å². The van der Waals surface area contributed by atoms with E-state index in [2.05, 4.69) is 28.1 Å². The molecule has 0 amide bonds. The Morgan fingerprint density at radius 1 is 1.35 bits per heavy atom. The number of aromatic nitrogens is 1. The van der Waals surface area contributed by atoms with E-state index < -0.39 is 0 Å². The zero-order valence-corrected chi connectivity index (χ0v) is 10.2. The second kappa shape index (κ2) is 4.59. The van der Waals surface area contributed by atoms with Crippen molar-refractivity contribution < 1.29 is 4.74 Å². The molecule has 3 nitrogen and oxygen atoms in total. The first-order valence-electron chi connectivity index (χ1n) is 6.27. The normalized spacial score (nSPS) is 22.1. The van der Waals surface area contributed by atoms with Crippen molar-refractivity contribution >= 4 is 5.57 Å². The molecule has 3 heteroatoms. The molecule has 0 unspecified atom stereocenters. The van der Waals surface area contributed by atoms with Gasteiger partial charge in [0.05, 0.1) is 19.3 Å². The predicted octanol–water partition coefficient (Wildman–Crippen LogP) is 1.88. The van der Waals surface area contributed by atoms with Crippen molar-refractivity contribution in [2.45, 2.75) is 19.4 Å². The highest BCUT2D eigenvalue weighted by molar-refractivity contribution is 5.65. The van der Waals surface area contributed by atoms with Crippen LogP contribution < -0.4 is 0 Å². The summed E-state index contributed by atoms with van der Waals surface area (Å²) in [5.41, 5.74) is 3.80. The summed E-state index contributed by atoms with van der Waals surface area (Å²) in [5.74, 6) is 0. The Kier molecular flexibility index (Phi) is 2.95. The quantitative estimate of drug-likeness (QED) is 0.775. The fourth-order valence-electron chi connectivity index (χ4n) is 2.37. The van der Waals surface area contributed by atoms with E-state index in [9.17, 15) is 0 Å². The van der Waals surface area contributed by atoms with Gasteiger partial charge in [0, 0.05) is 25.0 Å². The second-order valence-corrected chi connectivity index (χ2v) is 4.85. The monoisotopic (exact) mass is 230 g/mol. The van der Waals surface area contributed by atoms with E-state index in [0.717, 1.165) is 38.4 Å². The third-order valence-corrected chi connectivity index (χ3v) is 3.66. The van der Waals surface area contributed by atoms with Crippen LogP contribution in [0.15, 0.2) is 24.4 Å². The number of ether oxygens (including phenoxy) is 1. The van der Waals surface area contributed by atoms with Crippen LogP contribution in [-0.4, -0.2) is 42.2 Å². The van der Waals surface area contributed by atoms with Crippen LogP contribution in [0.25, 0.3) is 5.57 Å². The number of pyridine rings is 1. The van der Waals surface area contributed by atoms with Crippen LogP contribution in [-0.2, 0) is 4.74 Å². The highest BCUT2D eigenvalue weighted by Gasteiger charge is 2.26. The molecule has 0 saturated carbocycles. The molecular weight excluding hydrogens is 212 g/mol. The van der Waals surface area contributed by atoms with Gasteiger partial charge in [-0.2, -0.15) is 0 Å². The Bertz CT molecular complexity index is 420. The van der Waals surface area contributed by atoms with Crippen molar-refractivity contribution in [1.82, 2.24) is 9.88 Å². The average Bonchev–Trinajstić information content (AvgIpc) is 2.29. The van der Waals surface area contributed by atoms with Crippen LogP contribution in [0.5, 0.6) is 0 Å². The molecule has 1 fully saturated rings. The molecule has 0 aromatic carbocycles. The molecule has 1 aromatic heterocycles. The van der Waals surface area contributed by atoms with Crippen molar-refractivity contribution in [3.05, 3.63) is 35.7 Å². The minimum atomic E-state index is 0.656. The van der Waals surface area contributed by atoms with E-state index >= 15 is 0 Å². The summed E-state index contributed by atoms with van der Waals surface area (Å²) >= 11 is 0. The predicted molar refractivity (Wildman–Crippen MR) is 67.7 cm³/mol. The second-order valence-electron chi connectivity index (χ2n) is 4.85. The lowest BCUT2D eigenvalue weighted by molar-refractivity contribution is -0.0612. The molecule has 0 bridgehead atoms. The number of hydrogen-bond acceptors (Lipinski definition) is 3. The minimum Gasteiger partial charge on any atom is -0.378 e. The van der Waals surface area contributed by atoms with Crippen LogP contribution in [0.3, 0.4) is 0 Å². The lowest BCUT2D eigenvalue weighted by Crippen LogP contribution is -2.50. The van der Waals surface area contributed by atoms with Crippen molar-refractivity contribution in [3.8, 4) is 0 Å². The summed E-state index contributed by atoms with van der Waals surface area (Å²) in [4.78, 5) is 6.87. The fraction of sp³-hybridized carbons (Fsp3) is 0.500. The molecule has 3 rings (SSSR count). The molecule has 2 aliphatic heterocycles. The van der Waals surface area contributed by atoms with Gasteiger partial charge >= 0.3 is 0 Å². The SMILES string of the molecule is Cc1ccc(C2=CCN(C3COC3)CC2)cn1. The van der Waals surface area contributed by atoms with Gasteiger partial charge in [0.15, 0.2) is 0 Å². The molecule has 0 atom stereocenters. The van der Waals surface area contributed by atoms with Crippen LogP contribution in [0.1, 0.15) is 17.7 Å². The first kappa shape index (κ1) is 10.9. The van der Waals surface area contributed by atoms with Gasteiger partial charge in [-0.3, -0.25) is 9.88 Å². The van der Waals surface area contributed by atoms with E-state index in [1.807, 2.05) is 13.1 Å². The first-order chi connectivity index (χ1) is 8.33. The van der Waals surface area contributed by atoms with Gasteiger partial charge in [-0.05, 0) is 30.5 Å². The Hall–Kier alpha value is -1.19. The van der Waals surface area contributed by atoms with E-state index in [1.54, 1.807) is 0 Å². The zero-order chi connectivity index (χ0) is 11.7. The number of hydrogen-bond donors (Lipinski definition) is 0. The molecule has 0 aliphatic carbocycles. The maximum Gasteiger partial charge on any atom is 0.0645 e. The van der Waals surface area contributed by atoms with Crippen LogP contribution >= 0.6 is 0 Å². The largest absolute Gasteiger partial charge is 0.378 e. The van der Waals surface area contributed by atoms with Crippen molar-refractivity contribution in [2.24, 2.45) is 0 Å². The Morgan fingerprint density at radius 3 is 2.76 bits per heavy atom. The lowest BCUT2D eigenvalue weighted by Gasteiger charge is -2.38. The molecule has 17 heavy (non-hydrogen) atoms. The molecule has 0 radical (unpaired) electrons. The van der Waals surface area contributed by atoms with Gasteiger partial charge in [-0.1, -0.05) is 12.1 Å². The summed E-state index contributed by atoms with van der Waals surface area (Å²) in [7, 11) is 0. The van der Waals surface area contributed by atoms with Crippen LogP contribution in [0.2, 0.25) is 0 Å². The van der Waals surface area contributed by atoms with Crippen molar-refractivity contribution in [2.75, 3.05) is 26.3 Å². The van der Waals surface area contributed by atoms with Crippen molar-refractivity contribution in [1.29, 1.82) is 0 Å². The maximum atomic E-state index is 5.24. The number of nitrogens with zero attached hydrogens (tertiary/aromatic N) is 2. The summed E-state index contributed by atoms with van der Waals surface area (Å²) in [6.07, 6.45) is 5.46. The van der Waals surface area contributed by atoms with Gasteiger partial charge in [-0.15, -0.1) is 0 Å². The first-order valence-corrected chi connectivity index (χ1v) is 6.27. The van der Waals surface area contributed by atoms with Gasteiger partial charge < -0.3 is 4.74 Å². The van der Waals surface area contributed by atoms with E-state index in [0.29, 0.717) is 6.04 Å². The molecule has 1 saturated heterocycles. The topological polar surface area (TPSA) is 25.4 Å². The van der Waals surface area contributed by atoms with Gasteiger partial charge in [-0.25, -0.2) is 0 Å². The number of rotatable bonds is 2. The third kappa shape index (κ3) is 2.26. The summed E-state index contributed by atoms with van der Waals surface area (Å²) in [6, 6.07) is 4.92. The zero-order valence-electron chi connectivity index (χ0n) is 10.2. The van der Waals surface area contributed by atoms with E-state index in [1.165, 1.54) is 11.1 Å². The van der Waals surface area contributed by atoms with E-state index in [-0.39, 0.29) is 0 Å². The van der Waals surface area contributed by atoms with Crippen LogP contribution in [0.4, 0.5) is 0 Å². The highest BCUT2D eigenvalue weighted by Crippen LogP contribution is 2.24. The standard InChI is InChI=1S/C14H18N2O/c1-11-2-3-13(8-15-11)12-4-6-16(7-5-12)14-9-17-10-14/h2-4,8,14H,5-7,9-10H2,1H3. The average molecular weight is 230 g/mol. The fourth-order valence-corrected chi connectivity index (χ4v) is 2.37. The smallest absolute Gasteiger partial charge is 0.0645 e.